The molecule has 0 aliphatic carbocycles. The second kappa shape index (κ2) is 5.18. The Morgan fingerprint density at radius 3 is 2.58 bits per heavy atom. The van der Waals surface area contributed by atoms with Gasteiger partial charge in [-0.25, -0.2) is 0 Å². The second-order valence-corrected chi connectivity index (χ2v) is 5.64. The van der Waals surface area contributed by atoms with Crippen molar-refractivity contribution in [2.24, 2.45) is 0 Å². The van der Waals surface area contributed by atoms with E-state index >= 15 is 0 Å². The van der Waals surface area contributed by atoms with E-state index in [2.05, 4.69) is 12.1 Å². The summed E-state index contributed by atoms with van der Waals surface area (Å²) in [7, 11) is 0. The molecule has 1 aromatic carbocycles. The van der Waals surface area contributed by atoms with Gasteiger partial charge < -0.3 is 0 Å². The molecule has 0 aliphatic heterocycles. The van der Waals surface area contributed by atoms with Gasteiger partial charge in [0.25, 0.3) is 0 Å². The van der Waals surface area contributed by atoms with E-state index in [9.17, 15) is 4.79 Å². The van der Waals surface area contributed by atoms with Crippen LogP contribution in [0.4, 0.5) is 0 Å². The Hall–Kier alpha value is -0.520. The Labute approximate surface area is 81.7 Å². The molecule has 0 saturated carbocycles. The van der Waals surface area contributed by atoms with Crippen molar-refractivity contribution < 1.29 is 9.90 Å². The Bertz CT molecular complexity index is 246. The zero-order chi connectivity index (χ0) is 8.81. The van der Waals surface area contributed by atoms with Crippen LogP contribution in [0.2, 0.25) is 4.47 Å². The molecule has 3 heteroatoms. The van der Waals surface area contributed by atoms with Crippen molar-refractivity contribution >= 4 is 30.5 Å². The second-order valence-electron chi connectivity index (χ2n) is 2.31. The summed E-state index contributed by atoms with van der Waals surface area (Å²) in [5.74, 6) is -0.684. The Kier molecular flexibility index (Phi) is 4.13. The molecule has 0 atom stereocenters. The summed E-state index contributed by atoms with van der Waals surface area (Å²) in [4.78, 5) is 10.2. The minimum absolute atomic E-state index is 0.259. The van der Waals surface area contributed by atoms with Crippen molar-refractivity contribution in [3.8, 4) is 0 Å². The van der Waals surface area contributed by atoms with Crippen molar-refractivity contribution in [1.82, 2.24) is 0 Å². The SMILES string of the molecule is O=C(O)CC[Te]c1ccccc1. The van der Waals surface area contributed by atoms with E-state index in [1.807, 2.05) is 18.2 Å². The first kappa shape index (κ1) is 9.57. The Morgan fingerprint density at radius 2 is 2.00 bits per heavy atom. The van der Waals surface area contributed by atoms with Crippen LogP contribution >= 0.6 is 0 Å². The predicted octanol–water partition coefficient (Wildman–Crippen LogP) is 0.909. The van der Waals surface area contributed by atoms with E-state index < -0.39 is 5.97 Å². The van der Waals surface area contributed by atoms with Gasteiger partial charge in [0.05, 0.1) is 0 Å². The first-order valence-corrected chi connectivity index (χ1v) is 6.50. The Morgan fingerprint density at radius 1 is 1.33 bits per heavy atom. The van der Waals surface area contributed by atoms with Gasteiger partial charge in [-0.2, -0.15) is 0 Å². The maximum absolute atomic E-state index is 10.2. The van der Waals surface area contributed by atoms with E-state index in [0.717, 1.165) is 4.47 Å². The molecule has 0 amide bonds. The molecule has 12 heavy (non-hydrogen) atoms. The molecule has 0 aliphatic rings. The first-order valence-electron chi connectivity index (χ1n) is 3.68. The molecule has 1 rings (SSSR count). The fraction of sp³-hybridized carbons (Fsp3) is 0.222. The van der Waals surface area contributed by atoms with Gasteiger partial charge in [-0.1, -0.05) is 0 Å². The third-order valence-electron chi connectivity index (χ3n) is 1.33. The molecule has 0 saturated heterocycles. The molecule has 0 bridgehead atoms. The van der Waals surface area contributed by atoms with Crippen LogP contribution in [0.25, 0.3) is 0 Å². The Balaban J connectivity index is 2.29. The third kappa shape index (κ3) is 3.75. The van der Waals surface area contributed by atoms with Crippen molar-refractivity contribution in [2.45, 2.75) is 10.9 Å². The van der Waals surface area contributed by atoms with E-state index in [0.29, 0.717) is 6.42 Å². The fourth-order valence-electron chi connectivity index (χ4n) is 0.773. The zero-order valence-corrected chi connectivity index (χ0v) is 8.90. The number of hydrogen-bond acceptors (Lipinski definition) is 1. The number of carboxylic acid groups (broad SMARTS) is 1. The monoisotopic (exact) mass is 280 g/mol. The molecule has 1 aromatic rings. The van der Waals surface area contributed by atoms with Crippen LogP contribution in [0, 0.1) is 0 Å². The summed E-state index contributed by atoms with van der Waals surface area (Å²) in [6.07, 6.45) is 0.317. The van der Waals surface area contributed by atoms with Crippen molar-refractivity contribution in [3.05, 3.63) is 30.3 Å². The van der Waals surface area contributed by atoms with E-state index in [1.165, 1.54) is 3.61 Å². The van der Waals surface area contributed by atoms with Crippen LogP contribution in [0.1, 0.15) is 6.42 Å². The normalized spacial score (nSPS) is 9.67. The van der Waals surface area contributed by atoms with Gasteiger partial charge in [-0.15, -0.1) is 0 Å². The zero-order valence-electron chi connectivity index (χ0n) is 6.56. The average Bonchev–Trinajstić information content (AvgIpc) is 2.05. The molecule has 64 valence electrons. The van der Waals surface area contributed by atoms with E-state index in [1.54, 1.807) is 0 Å². The summed E-state index contributed by atoms with van der Waals surface area (Å²) in [6.45, 7) is 0. The van der Waals surface area contributed by atoms with Crippen LogP contribution in [0.5, 0.6) is 0 Å². The molecule has 0 spiro atoms. The summed E-state index contributed by atoms with van der Waals surface area (Å²) in [5, 5.41) is 8.41. The molecular formula is C9H10O2Te. The summed E-state index contributed by atoms with van der Waals surface area (Å²) in [5.41, 5.74) is 0. The molecule has 2 nitrogen and oxygen atoms in total. The van der Waals surface area contributed by atoms with Crippen LogP contribution in [0.15, 0.2) is 30.3 Å². The van der Waals surface area contributed by atoms with Crippen molar-refractivity contribution in [1.29, 1.82) is 0 Å². The molecule has 1 N–H and O–H groups in total. The predicted molar refractivity (Wildman–Crippen MR) is 48.9 cm³/mol. The van der Waals surface area contributed by atoms with Gasteiger partial charge in [0.15, 0.2) is 0 Å². The quantitative estimate of drug-likeness (QED) is 0.831. The van der Waals surface area contributed by atoms with Gasteiger partial charge in [0, 0.05) is 0 Å². The molecule has 0 unspecified atom stereocenters. The van der Waals surface area contributed by atoms with E-state index in [-0.39, 0.29) is 20.9 Å². The van der Waals surface area contributed by atoms with Crippen molar-refractivity contribution in [2.75, 3.05) is 0 Å². The number of rotatable bonds is 4. The summed E-state index contributed by atoms with van der Waals surface area (Å²) in [6, 6.07) is 10.1. The maximum atomic E-state index is 10.2. The van der Waals surface area contributed by atoms with Crippen LogP contribution in [-0.4, -0.2) is 32.0 Å². The standard InChI is InChI=1S/C9H10O2Te/c10-9(11)6-7-12-8-4-2-1-3-5-8/h1-5H,6-7H2,(H,10,11). The van der Waals surface area contributed by atoms with Crippen LogP contribution < -0.4 is 3.61 Å². The minimum atomic E-state index is -0.684. The van der Waals surface area contributed by atoms with Gasteiger partial charge in [0.2, 0.25) is 0 Å². The molecule has 0 heterocycles. The van der Waals surface area contributed by atoms with Crippen molar-refractivity contribution in [3.63, 3.8) is 0 Å². The van der Waals surface area contributed by atoms with Gasteiger partial charge in [0.1, 0.15) is 0 Å². The molecular weight excluding hydrogens is 268 g/mol. The third-order valence-corrected chi connectivity index (χ3v) is 4.22. The number of carboxylic acids is 1. The van der Waals surface area contributed by atoms with Crippen LogP contribution in [-0.2, 0) is 4.79 Å². The van der Waals surface area contributed by atoms with Gasteiger partial charge in [-0.05, 0) is 0 Å². The molecule has 0 aromatic heterocycles. The topological polar surface area (TPSA) is 37.3 Å². The number of benzene rings is 1. The number of aliphatic carboxylic acids is 1. The van der Waals surface area contributed by atoms with Gasteiger partial charge in [-0.3, -0.25) is 0 Å². The average molecular weight is 278 g/mol. The van der Waals surface area contributed by atoms with E-state index in [4.69, 9.17) is 5.11 Å². The molecule has 0 radical (unpaired) electrons. The van der Waals surface area contributed by atoms with Crippen LogP contribution in [0.3, 0.4) is 0 Å². The molecule has 0 fully saturated rings. The number of carbonyl (C=O) groups is 1. The fourth-order valence-corrected chi connectivity index (χ4v) is 3.23. The summed E-state index contributed by atoms with van der Waals surface area (Å²) >= 11 is -0.259. The summed E-state index contributed by atoms with van der Waals surface area (Å²) < 4.78 is 2.19. The first-order chi connectivity index (χ1) is 5.79. The van der Waals surface area contributed by atoms with Gasteiger partial charge >= 0.3 is 81.6 Å². The number of hydrogen-bond donors (Lipinski definition) is 1.